The van der Waals surface area contributed by atoms with Crippen LogP contribution in [0.3, 0.4) is 0 Å². The van der Waals surface area contributed by atoms with Crippen LogP contribution in [0.1, 0.15) is 21.7 Å². The van der Waals surface area contributed by atoms with Crippen LogP contribution in [0.2, 0.25) is 0 Å². The molecule has 1 aromatic carbocycles. The first-order valence-corrected chi connectivity index (χ1v) is 7.61. The molecule has 0 amide bonds. The Balaban J connectivity index is 2.23. The Labute approximate surface area is 127 Å². The maximum Gasteiger partial charge on any atom is 0.358 e. The third kappa shape index (κ3) is 3.21. The maximum atomic E-state index is 11.9. The average molecular weight is 322 g/mol. The van der Waals surface area contributed by atoms with Crippen LogP contribution in [0.15, 0.2) is 29.2 Å². The molecular weight excluding hydrogens is 308 g/mol. The van der Waals surface area contributed by atoms with Crippen LogP contribution in [0, 0.1) is 0 Å². The number of nitrogens with zero attached hydrogens (tertiary/aromatic N) is 3. The molecule has 0 radical (unpaired) electrons. The summed E-state index contributed by atoms with van der Waals surface area (Å²) < 4.78 is 25.0. The summed E-state index contributed by atoms with van der Waals surface area (Å²) in [6, 6.07) is 6.20. The van der Waals surface area contributed by atoms with Gasteiger partial charge in [-0.3, -0.25) is 0 Å². The van der Waals surface area contributed by atoms with E-state index in [4.69, 9.17) is 5.11 Å². The third-order valence-electron chi connectivity index (χ3n) is 2.87. The molecule has 0 unspecified atom stereocenters. The molecule has 0 atom stereocenters. The molecule has 116 valence electrons. The molecule has 1 aromatic heterocycles. The minimum atomic E-state index is -3.47. The Bertz CT molecular complexity index is 807. The molecule has 0 aliphatic heterocycles. The molecule has 1 heterocycles. The number of carboxylic acid groups (broad SMARTS) is 1. The van der Waals surface area contributed by atoms with Crippen molar-refractivity contribution in [2.45, 2.75) is 4.90 Å². The van der Waals surface area contributed by atoms with Crippen LogP contribution in [0.4, 0.5) is 0 Å². The lowest BCUT2D eigenvalue weighted by molar-refractivity contribution is 0.0690. The van der Waals surface area contributed by atoms with Crippen molar-refractivity contribution in [1.82, 2.24) is 19.7 Å². The molecule has 0 spiro atoms. The lowest BCUT2D eigenvalue weighted by atomic mass is 10.2. The van der Waals surface area contributed by atoms with E-state index in [1.165, 1.54) is 32.3 Å². The molecule has 2 rings (SSSR count). The van der Waals surface area contributed by atoms with Crippen molar-refractivity contribution in [3.63, 3.8) is 0 Å². The zero-order valence-electron chi connectivity index (χ0n) is 11.9. The number of H-pyrrole nitrogens is 1. The number of aromatic carboxylic acids is 1. The molecule has 2 aromatic rings. The number of benzene rings is 1. The molecule has 2 N–H and O–H groups in total. The highest BCUT2D eigenvalue weighted by atomic mass is 32.2. The molecule has 0 aliphatic carbocycles. The Morgan fingerprint density at radius 3 is 2.36 bits per heavy atom. The van der Waals surface area contributed by atoms with Crippen molar-refractivity contribution in [3.05, 3.63) is 41.2 Å². The number of nitrogens with one attached hydrogen (secondary N) is 1. The van der Waals surface area contributed by atoms with Gasteiger partial charge in [-0.25, -0.2) is 17.5 Å². The van der Waals surface area contributed by atoms with Crippen LogP contribution in [-0.2, 0) is 10.0 Å². The molecule has 0 bridgehead atoms. The summed E-state index contributed by atoms with van der Waals surface area (Å²) in [7, 11) is -0.547. The summed E-state index contributed by atoms with van der Waals surface area (Å²) >= 11 is 0. The van der Waals surface area contributed by atoms with E-state index < -0.39 is 16.0 Å². The van der Waals surface area contributed by atoms with Gasteiger partial charge in [0.2, 0.25) is 10.0 Å². The lowest BCUT2D eigenvalue weighted by Gasteiger charge is -2.11. The van der Waals surface area contributed by atoms with Gasteiger partial charge in [-0.2, -0.15) is 10.3 Å². The summed E-state index contributed by atoms with van der Waals surface area (Å²) in [6.07, 6.45) is 3.11. The van der Waals surface area contributed by atoms with Gasteiger partial charge in [-0.05, 0) is 23.8 Å². The minimum absolute atomic E-state index is 0.178. The molecule has 0 aliphatic rings. The Kier molecular flexibility index (Phi) is 4.38. The lowest BCUT2D eigenvalue weighted by Crippen LogP contribution is -2.22. The smallest absolute Gasteiger partial charge is 0.358 e. The van der Waals surface area contributed by atoms with Gasteiger partial charge in [-0.1, -0.05) is 18.2 Å². The first-order valence-electron chi connectivity index (χ1n) is 6.17. The molecular formula is C13H14N4O4S. The molecule has 0 fully saturated rings. The largest absolute Gasteiger partial charge is 0.476 e. The second-order valence-corrected chi connectivity index (χ2v) is 6.70. The third-order valence-corrected chi connectivity index (χ3v) is 4.70. The van der Waals surface area contributed by atoms with Crippen LogP contribution >= 0.6 is 0 Å². The molecule has 0 saturated carbocycles. The van der Waals surface area contributed by atoms with Gasteiger partial charge in [0.15, 0.2) is 5.69 Å². The van der Waals surface area contributed by atoms with Gasteiger partial charge in [0.05, 0.1) is 4.90 Å². The fraction of sp³-hybridized carbons (Fsp3) is 0.154. The summed E-state index contributed by atoms with van der Waals surface area (Å²) in [5.41, 5.74) is 0.720. The van der Waals surface area contributed by atoms with E-state index in [9.17, 15) is 13.2 Å². The van der Waals surface area contributed by atoms with Gasteiger partial charge >= 0.3 is 5.97 Å². The number of carbonyl (C=O) groups is 1. The number of aromatic nitrogens is 3. The molecule has 8 nitrogen and oxygen atoms in total. The zero-order chi connectivity index (χ0) is 16.3. The Morgan fingerprint density at radius 2 is 1.82 bits per heavy atom. The second kappa shape index (κ2) is 6.08. The van der Waals surface area contributed by atoms with Crippen LogP contribution in [-0.4, -0.2) is 53.3 Å². The second-order valence-electron chi connectivity index (χ2n) is 4.55. The average Bonchev–Trinajstić information content (AvgIpc) is 2.94. The van der Waals surface area contributed by atoms with Gasteiger partial charge in [0, 0.05) is 14.1 Å². The van der Waals surface area contributed by atoms with Gasteiger partial charge < -0.3 is 5.11 Å². The number of rotatable bonds is 5. The Morgan fingerprint density at radius 1 is 1.18 bits per heavy atom. The van der Waals surface area contributed by atoms with Crippen LogP contribution in [0.25, 0.3) is 12.2 Å². The van der Waals surface area contributed by atoms with E-state index in [-0.39, 0.29) is 16.3 Å². The normalized spacial score (nSPS) is 12.1. The first-order chi connectivity index (χ1) is 10.3. The van der Waals surface area contributed by atoms with E-state index >= 15 is 0 Å². The summed E-state index contributed by atoms with van der Waals surface area (Å²) in [5, 5.41) is 18.4. The van der Waals surface area contributed by atoms with Crippen molar-refractivity contribution in [1.29, 1.82) is 0 Å². The van der Waals surface area contributed by atoms with Crippen molar-refractivity contribution < 1.29 is 18.3 Å². The monoisotopic (exact) mass is 322 g/mol. The SMILES string of the molecule is CN(C)S(=O)(=O)c1ccc(/C=C/c2n[nH]nc2C(=O)O)cc1. The molecule has 9 heteroatoms. The summed E-state index contributed by atoms with van der Waals surface area (Å²) in [5.74, 6) is -1.18. The minimum Gasteiger partial charge on any atom is -0.476 e. The van der Waals surface area contributed by atoms with Gasteiger partial charge in [-0.15, -0.1) is 5.10 Å². The van der Waals surface area contributed by atoms with Crippen molar-refractivity contribution in [2.75, 3.05) is 14.1 Å². The maximum absolute atomic E-state index is 11.9. The number of aromatic amines is 1. The van der Waals surface area contributed by atoms with Gasteiger partial charge in [0.1, 0.15) is 5.69 Å². The topological polar surface area (TPSA) is 116 Å². The summed E-state index contributed by atoms with van der Waals surface area (Å²) in [6.45, 7) is 0. The molecule has 22 heavy (non-hydrogen) atoms. The van der Waals surface area contributed by atoms with Crippen molar-refractivity contribution in [2.24, 2.45) is 0 Å². The fourth-order valence-corrected chi connectivity index (χ4v) is 2.55. The number of hydrogen-bond donors (Lipinski definition) is 2. The number of carboxylic acids is 1. The zero-order valence-corrected chi connectivity index (χ0v) is 12.7. The quantitative estimate of drug-likeness (QED) is 0.845. The highest BCUT2D eigenvalue weighted by molar-refractivity contribution is 7.89. The van der Waals surface area contributed by atoms with E-state index in [0.29, 0.717) is 5.56 Å². The predicted octanol–water partition coefficient (Wildman–Crippen LogP) is 0.924. The Hall–Kier alpha value is -2.52. The highest BCUT2D eigenvalue weighted by Gasteiger charge is 2.16. The summed E-state index contributed by atoms with van der Waals surface area (Å²) in [4.78, 5) is 11.1. The van der Waals surface area contributed by atoms with Crippen LogP contribution in [0.5, 0.6) is 0 Å². The van der Waals surface area contributed by atoms with Crippen molar-refractivity contribution >= 4 is 28.1 Å². The van der Waals surface area contributed by atoms with E-state index in [1.54, 1.807) is 18.2 Å². The van der Waals surface area contributed by atoms with E-state index in [0.717, 1.165) is 4.31 Å². The van der Waals surface area contributed by atoms with Crippen molar-refractivity contribution in [3.8, 4) is 0 Å². The molecule has 0 saturated heterocycles. The van der Waals surface area contributed by atoms with E-state index in [2.05, 4.69) is 15.4 Å². The highest BCUT2D eigenvalue weighted by Crippen LogP contribution is 2.15. The first kappa shape index (κ1) is 15.9. The fourth-order valence-electron chi connectivity index (χ4n) is 1.65. The predicted molar refractivity (Wildman–Crippen MR) is 79.6 cm³/mol. The van der Waals surface area contributed by atoms with Crippen LogP contribution < -0.4 is 0 Å². The number of sulfonamides is 1. The van der Waals surface area contributed by atoms with E-state index in [1.807, 2.05) is 0 Å². The number of hydrogen-bond acceptors (Lipinski definition) is 5. The standard InChI is InChI=1S/C13H14N4O4S/c1-17(2)22(20,21)10-6-3-9(4-7-10)5-8-11-12(13(18)19)15-16-14-11/h3-8H,1-2H3,(H,18,19)(H,14,15,16)/b8-5+. The van der Waals surface area contributed by atoms with Gasteiger partial charge in [0.25, 0.3) is 0 Å².